The molecule has 0 bridgehead atoms. The molecule has 0 fully saturated rings. The fraction of sp³-hybridized carbons (Fsp3) is 0.273. The molecule has 9 nitrogen and oxygen atoms in total. The van der Waals surface area contributed by atoms with Gasteiger partial charge in [0.1, 0.15) is 34.9 Å². The lowest BCUT2D eigenvalue weighted by Crippen LogP contribution is -2.33. The van der Waals surface area contributed by atoms with E-state index < -0.39 is 29.7 Å². The van der Waals surface area contributed by atoms with Crippen molar-refractivity contribution in [1.29, 1.82) is 0 Å². The van der Waals surface area contributed by atoms with Crippen molar-refractivity contribution in [3.63, 3.8) is 0 Å². The third kappa shape index (κ3) is 3.92. The molecule has 3 aromatic heterocycles. The lowest BCUT2D eigenvalue weighted by atomic mass is 9.78. The second kappa shape index (κ2) is 7.96. The molecule has 0 radical (unpaired) electrons. The van der Waals surface area contributed by atoms with E-state index in [2.05, 4.69) is 30.4 Å². The van der Waals surface area contributed by atoms with E-state index in [1.54, 1.807) is 6.92 Å². The fourth-order valence-corrected chi connectivity index (χ4v) is 4.20. The molecule has 1 aliphatic heterocycles. The van der Waals surface area contributed by atoms with Gasteiger partial charge in [0, 0.05) is 6.42 Å². The number of halogens is 4. The molecule has 0 spiro atoms. The Labute approximate surface area is 195 Å². The van der Waals surface area contributed by atoms with E-state index in [-0.39, 0.29) is 36.0 Å². The number of carbonyl (C=O) groups is 1. The van der Waals surface area contributed by atoms with Crippen LogP contribution in [0.2, 0.25) is 0 Å². The Morgan fingerprint density at radius 3 is 2.60 bits per heavy atom. The molecule has 0 saturated heterocycles. The third-order valence-corrected chi connectivity index (χ3v) is 5.98. The van der Waals surface area contributed by atoms with Gasteiger partial charge in [0.15, 0.2) is 11.5 Å². The summed E-state index contributed by atoms with van der Waals surface area (Å²) in [5.41, 5.74) is 6.68. The van der Waals surface area contributed by atoms with E-state index in [0.29, 0.717) is 22.5 Å². The molecule has 4 aromatic rings. The summed E-state index contributed by atoms with van der Waals surface area (Å²) in [5, 5.41) is 6.75. The minimum atomic E-state index is -4.28. The Balaban J connectivity index is 1.56. The second-order valence-electron chi connectivity index (χ2n) is 8.31. The maximum atomic E-state index is 13.4. The summed E-state index contributed by atoms with van der Waals surface area (Å²) in [6, 6.07) is 5.47. The van der Waals surface area contributed by atoms with Crippen molar-refractivity contribution < 1.29 is 22.4 Å². The quantitative estimate of drug-likeness (QED) is 0.414. The fourth-order valence-electron chi connectivity index (χ4n) is 4.20. The van der Waals surface area contributed by atoms with Crippen molar-refractivity contribution in [2.45, 2.75) is 37.8 Å². The third-order valence-electron chi connectivity index (χ3n) is 5.98. The summed E-state index contributed by atoms with van der Waals surface area (Å²) in [7, 11) is 0. The number of aromatic nitrogens is 6. The van der Waals surface area contributed by atoms with Gasteiger partial charge >= 0.3 is 6.18 Å². The Morgan fingerprint density at radius 1 is 1.14 bits per heavy atom. The molecule has 180 valence electrons. The number of hydrogen-bond acceptors (Lipinski definition) is 7. The van der Waals surface area contributed by atoms with Crippen LogP contribution in [0.3, 0.4) is 0 Å². The Morgan fingerprint density at radius 2 is 1.89 bits per heavy atom. The van der Waals surface area contributed by atoms with Gasteiger partial charge in [0.25, 0.3) is 0 Å². The number of benzene rings is 1. The number of amides is 1. The van der Waals surface area contributed by atoms with E-state index >= 15 is 0 Å². The molecule has 1 aromatic carbocycles. The van der Waals surface area contributed by atoms with Gasteiger partial charge in [-0.1, -0.05) is 12.1 Å². The van der Waals surface area contributed by atoms with Gasteiger partial charge in [0.05, 0.1) is 17.5 Å². The Kier molecular flexibility index (Phi) is 5.15. The van der Waals surface area contributed by atoms with E-state index in [1.807, 2.05) is 0 Å². The van der Waals surface area contributed by atoms with E-state index in [0.717, 1.165) is 0 Å². The highest BCUT2D eigenvalue weighted by molar-refractivity contribution is 6.09. The number of aryl methyl sites for hydroxylation is 1. The van der Waals surface area contributed by atoms with Crippen molar-refractivity contribution >= 4 is 23.2 Å². The second-order valence-corrected chi connectivity index (χ2v) is 8.31. The Hall–Kier alpha value is -4.16. The van der Waals surface area contributed by atoms with Crippen molar-refractivity contribution in [2.24, 2.45) is 0 Å². The van der Waals surface area contributed by atoms with Crippen molar-refractivity contribution in [1.82, 2.24) is 29.5 Å². The largest absolute Gasteiger partial charge is 0.389 e. The number of nitrogen functional groups attached to an aromatic ring is 1. The maximum Gasteiger partial charge on any atom is 0.389 e. The zero-order chi connectivity index (χ0) is 25.0. The number of nitrogens with one attached hydrogen (secondary N) is 1. The van der Waals surface area contributed by atoms with Crippen LogP contribution in [0.25, 0.3) is 17.2 Å². The topological polar surface area (TPSA) is 124 Å². The summed E-state index contributed by atoms with van der Waals surface area (Å²) in [4.78, 5) is 30.2. The van der Waals surface area contributed by atoms with Crippen LogP contribution in [0.15, 0.2) is 36.8 Å². The molecular formula is C22H18F4N8O. The number of fused-ring (bicyclic) bond motifs is 2. The molecule has 4 heterocycles. The summed E-state index contributed by atoms with van der Waals surface area (Å²) in [6.07, 6.45) is -2.67. The highest BCUT2D eigenvalue weighted by atomic mass is 19.4. The van der Waals surface area contributed by atoms with E-state index in [9.17, 15) is 22.4 Å². The van der Waals surface area contributed by atoms with Crippen LogP contribution < -0.4 is 11.1 Å². The number of carbonyl (C=O) groups excluding carboxylic acids is 1. The summed E-state index contributed by atoms with van der Waals surface area (Å²) < 4.78 is 52.7. The van der Waals surface area contributed by atoms with Gasteiger partial charge in [-0.25, -0.2) is 28.8 Å². The molecule has 13 heteroatoms. The molecular weight excluding hydrogens is 468 g/mol. The van der Waals surface area contributed by atoms with Crippen LogP contribution in [-0.4, -0.2) is 41.6 Å². The molecule has 1 aliphatic rings. The molecule has 1 amide bonds. The van der Waals surface area contributed by atoms with E-state index in [1.165, 1.54) is 41.3 Å². The van der Waals surface area contributed by atoms with Crippen LogP contribution >= 0.6 is 0 Å². The SMILES string of the molecule is CC1(c2ccc(F)cc2)C(=O)Nc2nc(-c3cn4ncnc4c(CCCC(F)(F)F)n3)nc(N)c21. The minimum absolute atomic E-state index is 0.00860. The first-order valence-electron chi connectivity index (χ1n) is 10.6. The summed E-state index contributed by atoms with van der Waals surface area (Å²) in [5.74, 6) is -0.627. The van der Waals surface area contributed by atoms with Gasteiger partial charge in [-0.05, 0) is 37.5 Å². The monoisotopic (exact) mass is 486 g/mol. The van der Waals surface area contributed by atoms with Crippen LogP contribution in [0, 0.1) is 5.82 Å². The average Bonchev–Trinajstić information content (AvgIpc) is 3.36. The molecule has 0 aliphatic carbocycles. The summed E-state index contributed by atoms with van der Waals surface area (Å²) in [6.45, 7) is 1.64. The van der Waals surface area contributed by atoms with Crippen LogP contribution in [-0.2, 0) is 16.6 Å². The number of anilines is 2. The molecule has 1 unspecified atom stereocenters. The summed E-state index contributed by atoms with van der Waals surface area (Å²) >= 11 is 0. The minimum Gasteiger partial charge on any atom is -0.383 e. The predicted molar refractivity (Wildman–Crippen MR) is 117 cm³/mol. The smallest absolute Gasteiger partial charge is 0.383 e. The zero-order valence-electron chi connectivity index (χ0n) is 18.3. The predicted octanol–water partition coefficient (Wildman–Crippen LogP) is 3.45. The molecule has 0 saturated carbocycles. The van der Waals surface area contributed by atoms with Crippen LogP contribution in [0.5, 0.6) is 0 Å². The first-order valence-corrected chi connectivity index (χ1v) is 10.6. The number of nitrogens with two attached hydrogens (primary N) is 1. The van der Waals surface area contributed by atoms with Crippen molar-refractivity contribution in [3.8, 4) is 11.5 Å². The zero-order valence-corrected chi connectivity index (χ0v) is 18.3. The van der Waals surface area contributed by atoms with Crippen molar-refractivity contribution in [2.75, 3.05) is 11.1 Å². The molecule has 35 heavy (non-hydrogen) atoms. The van der Waals surface area contributed by atoms with Gasteiger partial charge in [-0.2, -0.15) is 18.3 Å². The first-order chi connectivity index (χ1) is 16.6. The lowest BCUT2D eigenvalue weighted by molar-refractivity contribution is -0.135. The van der Waals surface area contributed by atoms with Crippen LogP contribution in [0.4, 0.5) is 29.2 Å². The molecule has 3 N–H and O–H groups in total. The molecule has 5 rings (SSSR count). The number of nitrogens with zero attached hydrogens (tertiary/aromatic N) is 6. The molecule has 1 atom stereocenters. The van der Waals surface area contributed by atoms with Crippen molar-refractivity contribution in [3.05, 3.63) is 59.4 Å². The number of hydrogen-bond donors (Lipinski definition) is 2. The van der Waals surface area contributed by atoms with Gasteiger partial charge < -0.3 is 11.1 Å². The number of rotatable bonds is 5. The first kappa shape index (κ1) is 22.6. The maximum absolute atomic E-state index is 13.4. The van der Waals surface area contributed by atoms with Gasteiger partial charge in [-0.3, -0.25) is 4.79 Å². The van der Waals surface area contributed by atoms with Gasteiger partial charge in [-0.15, -0.1) is 0 Å². The standard InChI is InChI=1S/C22H18F4N8O/c1-21(11-4-6-12(23)7-5-11)15-16(27)31-17(32-18(15)33-20(21)35)14-9-34-19(28-10-29-34)13(30-14)3-2-8-22(24,25)26/h4-7,9-10H,2-3,8H2,1H3,(H3,27,31,32,33,35). The lowest BCUT2D eigenvalue weighted by Gasteiger charge is -2.23. The number of alkyl halides is 3. The van der Waals surface area contributed by atoms with Crippen LogP contribution in [0.1, 0.15) is 36.6 Å². The van der Waals surface area contributed by atoms with Gasteiger partial charge in [0.2, 0.25) is 5.91 Å². The highest BCUT2D eigenvalue weighted by Crippen LogP contribution is 2.44. The Bertz CT molecular complexity index is 1450. The average molecular weight is 486 g/mol. The highest BCUT2D eigenvalue weighted by Gasteiger charge is 2.47. The normalized spacial score (nSPS) is 17.6. The van der Waals surface area contributed by atoms with E-state index in [4.69, 9.17) is 5.73 Å².